The average Bonchev–Trinajstić information content (AvgIpc) is 3.02. The Hall–Kier alpha value is -1.15. The standard InChI is InChI=1S/C17H25N3O3S.ClH/c1-13-5-6-14(17(21)19-10-7-15(18)12-19)11-16(13)24(22,23)20-8-3-2-4-9-20;/h5-6,11,15H,2-4,7-10,12,18H2,1H3;1H/t15-;/m1./s1. The molecule has 1 aromatic carbocycles. The molecule has 0 radical (unpaired) electrons. The minimum Gasteiger partial charge on any atom is -0.337 e. The van der Waals surface area contributed by atoms with Gasteiger partial charge in [-0.05, 0) is 43.9 Å². The van der Waals surface area contributed by atoms with Gasteiger partial charge in [0.15, 0.2) is 0 Å². The highest BCUT2D eigenvalue weighted by Crippen LogP contribution is 2.25. The molecule has 0 unspecified atom stereocenters. The van der Waals surface area contributed by atoms with Crippen molar-refractivity contribution in [2.24, 2.45) is 5.73 Å². The summed E-state index contributed by atoms with van der Waals surface area (Å²) in [6.07, 6.45) is 3.64. The molecular formula is C17H26ClN3O3S. The summed E-state index contributed by atoms with van der Waals surface area (Å²) < 4.78 is 27.4. The van der Waals surface area contributed by atoms with Crippen LogP contribution in [0.15, 0.2) is 23.1 Å². The number of aryl methyl sites for hydroxylation is 1. The smallest absolute Gasteiger partial charge is 0.253 e. The third-order valence-electron chi connectivity index (χ3n) is 4.88. The monoisotopic (exact) mass is 387 g/mol. The van der Waals surface area contributed by atoms with Crippen LogP contribution in [0.5, 0.6) is 0 Å². The van der Waals surface area contributed by atoms with E-state index in [1.54, 1.807) is 28.3 Å². The lowest BCUT2D eigenvalue weighted by molar-refractivity contribution is 0.0790. The van der Waals surface area contributed by atoms with Crippen molar-refractivity contribution in [3.8, 4) is 0 Å². The van der Waals surface area contributed by atoms with Crippen molar-refractivity contribution in [1.29, 1.82) is 0 Å². The summed E-state index contributed by atoms with van der Waals surface area (Å²) in [5.74, 6) is -0.141. The largest absolute Gasteiger partial charge is 0.337 e. The molecule has 25 heavy (non-hydrogen) atoms. The maximum Gasteiger partial charge on any atom is 0.253 e. The topological polar surface area (TPSA) is 83.7 Å². The molecule has 0 aliphatic carbocycles. The van der Waals surface area contributed by atoms with Crippen LogP contribution < -0.4 is 5.73 Å². The van der Waals surface area contributed by atoms with Gasteiger partial charge in [-0.15, -0.1) is 12.4 Å². The van der Waals surface area contributed by atoms with Crippen molar-refractivity contribution in [3.05, 3.63) is 29.3 Å². The van der Waals surface area contributed by atoms with Crippen LogP contribution in [0.2, 0.25) is 0 Å². The third-order valence-corrected chi connectivity index (χ3v) is 6.92. The summed E-state index contributed by atoms with van der Waals surface area (Å²) in [5.41, 5.74) is 6.96. The van der Waals surface area contributed by atoms with Gasteiger partial charge < -0.3 is 10.6 Å². The van der Waals surface area contributed by atoms with Crippen LogP contribution in [-0.2, 0) is 10.0 Å². The number of nitrogens with two attached hydrogens (primary N) is 1. The molecular weight excluding hydrogens is 362 g/mol. The van der Waals surface area contributed by atoms with Crippen molar-refractivity contribution in [2.75, 3.05) is 26.2 Å². The lowest BCUT2D eigenvalue weighted by Crippen LogP contribution is -2.36. The number of hydrogen-bond donors (Lipinski definition) is 1. The SMILES string of the molecule is Cc1ccc(C(=O)N2CC[C@@H](N)C2)cc1S(=O)(=O)N1CCCCC1.Cl. The van der Waals surface area contributed by atoms with E-state index in [0.29, 0.717) is 37.3 Å². The van der Waals surface area contributed by atoms with Gasteiger partial charge in [-0.2, -0.15) is 4.31 Å². The lowest BCUT2D eigenvalue weighted by atomic mass is 10.1. The predicted molar refractivity (Wildman–Crippen MR) is 99.5 cm³/mol. The van der Waals surface area contributed by atoms with E-state index in [2.05, 4.69) is 0 Å². The molecule has 0 aromatic heterocycles. The first-order valence-corrected chi connectivity index (χ1v) is 9.99. The quantitative estimate of drug-likeness (QED) is 0.856. The van der Waals surface area contributed by atoms with E-state index in [-0.39, 0.29) is 29.3 Å². The lowest BCUT2D eigenvalue weighted by Gasteiger charge is -2.27. The number of piperidine rings is 1. The molecule has 2 aliphatic heterocycles. The summed E-state index contributed by atoms with van der Waals surface area (Å²) in [5, 5.41) is 0. The Morgan fingerprint density at radius 3 is 2.44 bits per heavy atom. The first-order valence-electron chi connectivity index (χ1n) is 8.55. The molecule has 1 amide bonds. The number of nitrogens with zero attached hydrogens (tertiary/aromatic N) is 2. The zero-order chi connectivity index (χ0) is 17.3. The number of amides is 1. The van der Waals surface area contributed by atoms with Crippen LogP contribution in [0.3, 0.4) is 0 Å². The number of benzene rings is 1. The zero-order valence-electron chi connectivity index (χ0n) is 14.5. The fourth-order valence-corrected chi connectivity index (χ4v) is 5.18. The van der Waals surface area contributed by atoms with E-state index in [0.717, 1.165) is 25.7 Å². The van der Waals surface area contributed by atoms with Crippen LogP contribution in [0.4, 0.5) is 0 Å². The van der Waals surface area contributed by atoms with Crippen molar-refractivity contribution < 1.29 is 13.2 Å². The van der Waals surface area contributed by atoms with Gasteiger partial charge >= 0.3 is 0 Å². The van der Waals surface area contributed by atoms with Gasteiger partial charge in [0.2, 0.25) is 10.0 Å². The molecule has 2 aliphatic rings. The van der Waals surface area contributed by atoms with Crippen LogP contribution in [-0.4, -0.2) is 55.8 Å². The van der Waals surface area contributed by atoms with Crippen molar-refractivity contribution in [1.82, 2.24) is 9.21 Å². The molecule has 2 saturated heterocycles. The van der Waals surface area contributed by atoms with Crippen LogP contribution in [0.1, 0.15) is 41.6 Å². The average molecular weight is 388 g/mol. The normalized spacial score (nSPS) is 21.8. The molecule has 0 saturated carbocycles. The molecule has 1 atom stereocenters. The molecule has 8 heteroatoms. The molecule has 2 N–H and O–H groups in total. The third kappa shape index (κ3) is 4.16. The van der Waals surface area contributed by atoms with Gasteiger partial charge in [0.25, 0.3) is 5.91 Å². The summed E-state index contributed by atoms with van der Waals surface area (Å²) in [6, 6.07) is 4.97. The van der Waals surface area contributed by atoms with Crippen molar-refractivity contribution in [3.63, 3.8) is 0 Å². The number of rotatable bonds is 3. The maximum atomic E-state index is 12.9. The summed E-state index contributed by atoms with van der Waals surface area (Å²) in [7, 11) is -3.55. The number of likely N-dealkylation sites (tertiary alicyclic amines) is 1. The number of carbonyl (C=O) groups is 1. The molecule has 2 heterocycles. The van der Waals surface area contributed by atoms with Gasteiger partial charge in [0, 0.05) is 37.8 Å². The number of carbonyl (C=O) groups excluding carboxylic acids is 1. The van der Waals surface area contributed by atoms with E-state index < -0.39 is 10.0 Å². The Morgan fingerprint density at radius 1 is 1.16 bits per heavy atom. The maximum absolute atomic E-state index is 12.9. The van der Waals surface area contributed by atoms with Gasteiger partial charge in [0.05, 0.1) is 4.90 Å². The molecule has 3 rings (SSSR count). The number of halogens is 1. The fourth-order valence-electron chi connectivity index (χ4n) is 3.41. The van der Waals surface area contributed by atoms with E-state index in [1.165, 1.54) is 6.07 Å². The molecule has 140 valence electrons. The Bertz CT molecular complexity index is 733. The highest BCUT2D eigenvalue weighted by atomic mass is 35.5. The number of sulfonamides is 1. The van der Waals surface area contributed by atoms with Crippen LogP contribution in [0.25, 0.3) is 0 Å². The highest BCUT2D eigenvalue weighted by Gasteiger charge is 2.30. The molecule has 0 spiro atoms. The Balaban J connectivity index is 0.00000225. The second kappa shape index (κ2) is 8.03. The van der Waals surface area contributed by atoms with E-state index in [1.807, 2.05) is 0 Å². The molecule has 6 nitrogen and oxygen atoms in total. The van der Waals surface area contributed by atoms with E-state index in [4.69, 9.17) is 5.73 Å². The molecule has 0 bridgehead atoms. The fraction of sp³-hybridized carbons (Fsp3) is 0.588. The molecule has 1 aromatic rings. The predicted octanol–water partition coefficient (Wildman–Crippen LogP) is 1.76. The highest BCUT2D eigenvalue weighted by molar-refractivity contribution is 7.89. The first kappa shape index (κ1) is 20.2. The van der Waals surface area contributed by atoms with E-state index in [9.17, 15) is 13.2 Å². The van der Waals surface area contributed by atoms with Gasteiger partial charge in [-0.1, -0.05) is 12.5 Å². The summed E-state index contributed by atoms with van der Waals surface area (Å²) in [6.45, 7) is 4.04. The van der Waals surface area contributed by atoms with Crippen molar-refractivity contribution >= 4 is 28.3 Å². The molecule has 2 fully saturated rings. The van der Waals surface area contributed by atoms with Gasteiger partial charge in [-0.25, -0.2) is 8.42 Å². The van der Waals surface area contributed by atoms with E-state index >= 15 is 0 Å². The Morgan fingerprint density at radius 2 is 1.84 bits per heavy atom. The Labute approximate surface area is 155 Å². The minimum atomic E-state index is -3.55. The van der Waals surface area contributed by atoms with Crippen molar-refractivity contribution in [2.45, 2.75) is 43.5 Å². The summed E-state index contributed by atoms with van der Waals surface area (Å²) in [4.78, 5) is 14.6. The second-order valence-corrected chi connectivity index (χ2v) is 8.65. The summed E-state index contributed by atoms with van der Waals surface area (Å²) >= 11 is 0. The first-order chi connectivity index (χ1) is 11.4. The van der Waals surface area contributed by atoms with Gasteiger partial charge in [-0.3, -0.25) is 4.79 Å². The zero-order valence-corrected chi connectivity index (χ0v) is 16.1. The number of hydrogen-bond acceptors (Lipinski definition) is 4. The van der Waals surface area contributed by atoms with Crippen LogP contribution >= 0.6 is 12.4 Å². The second-order valence-electron chi connectivity index (χ2n) is 6.74. The van der Waals surface area contributed by atoms with Gasteiger partial charge in [0.1, 0.15) is 0 Å². The van der Waals surface area contributed by atoms with Crippen LogP contribution in [0, 0.1) is 6.92 Å². The minimum absolute atomic E-state index is 0. The Kier molecular flexibility index (Phi) is 6.48.